The van der Waals surface area contributed by atoms with Crippen LogP contribution in [0.3, 0.4) is 0 Å². The zero-order chi connectivity index (χ0) is 22.5. The van der Waals surface area contributed by atoms with Gasteiger partial charge in [-0.2, -0.15) is 70.2 Å². The molecule has 18 heteroatoms. The molecule has 0 saturated carbocycles. The maximum Gasteiger partial charge on any atom is 0.460 e. The molecule has 0 radical (unpaired) electrons. The number of alkyl halides is 16. The summed E-state index contributed by atoms with van der Waals surface area (Å²) < 4.78 is 212. The molecule has 0 aliphatic heterocycles. The highest BCUT2D eigenvalue weighted by atomic mass is 19.4. The van der Waals surface area contributed by atoms with Crippen LogP contribution in [0.25, 0.3) is 0 Å². The predicted molar refractivity (Wildman–Crippen MR) is 47.1 cm³/mol. The van der Waals surface area contributed by atoms with Crippen LogP contribution in [0.2, 0.25) is 0 Å². The number of ether oxygens (including phenoxy) is 1. The minimum atomic E-state index is -8.00. The molecule has 0 aliphatic rings. The molecule has 162 valence electrons. The van der Waals surface area contributed by atoms with Crippen molar-refractivity contribution in [1.82, 2.24) is 0 Å². The van der Waals surface area contributed by atoms with E-state index in [2.05, 4.69) is 0 Å². The van der Waals surface area contributed by atoms with Gasteiger partial charge in [0.1, 0.15) is 6.26 Å². The molecule has 0 aromatic heterocycles. The fourth-order valence-electron chi connectivity index (χ4n) is 1.27. The molecule has 0 aliphatic carbocycles. The van der Waals surface area contributed by atoms with E-state index in [-0.39, 0.29) is 0 Å². The van der Waals surface area contributed by atoms with Gasteiger partial charge in [-0.05, 0) is 0 Å². The van der Waals surface area contributed by atoms with Crippen molar-refractivity contribution in [3.8, 4) is 0 Å². The first-order valence-electron chi connectivity index (χ1n) is 5.44. The summed E-state index contributed by atoms with van der Waals surface area (Å²) in [6.07, 6.45) is -32.8. The van der Waals surface area contributed by atoms with Gasteiger partial charge in [-0.1, -0.05) is 0 Å². The molecule has 0 fully saturated rings. The van der Waals surface area contributed by atoms with Crippen LogP contribution in [0.15, 0.2) is 12.1 Å². The van der Waals surface area contributed by atoms with E-state index in [9.17, 15) is 74.6 Å². The van der Waals surface area contributed by atoms with E-state index in [1.54, 1.807) is 0 Å². The molecule has 0 N–H and O–H groups in total. The van der Waals surface area contributed by atoms with E-state index >= 15 is 0 Å². The first-order chi connectivity index (χ1) is 11.4. The van der Waals surface area contributed by atoms with E-state index in [1.165, 1.54) is 0 Å². The largest absolute Gasteiger partial charge is 0.469 e. The maximum atomic E-state index is 13.0. The van der Waals surface area contributed by atoms with Crippen LogP contribution in [-0.4, -0.2) is 42.2 Å². The van der Waals surface area contributed by atoms with Crippen LogP contribution in [-0.2, 0) is 4.74 Å². The maximum absolute atomic E-state index is 13.0. The summed E-state index contributed by atoms with van der Waals surface area (Å²) in [4.78, 5) is 0. The van der Waals surface area contributed by atoms with Gasteiger partial charge in [0.25, 0.3) is 0 Å². The Morgan fingerprint density at radius 3 is 1.07 bits per heavy atom. The van der Waals surface area contributed by atoms with Gasteiger partial charge in [-0.3, -0.25) is 0 Å². The normalized spacial score (nSPS) is 16.6. The Balaban J connectivity index is 6.74. The lowest BCUT2D eigenvalue weighted by Gasteiger charge is -2.41. The molecule has 1 nitrogen and oxygen atoms in total. The van der Waals surface area contributed by atoms with Crippen molar-refractivity contribution < 1.29 is 79.4 Å². The van der Waals surface area contributed by atoms with Gasteiger partial charge in [0.15, 0.2) is 0 Å². The topological polar surface area (TPSA) is 9.23 Å². The smallest absolute Gasteiger partial charge is 0.460 e. The summed E-state index contributed by atoms with van der Waals surface area (Å²) >= 11 is 0. The summed E-state index contributed by atoms with van der Waals surface area (Å²) in [7, 11) is 0. The fraction of sp³-hybridized carbons (Fsp3) is 0.778. The van der Waals surface area contributed by atoms with E-state index in [1.807, 2.05) is 4.74 Å². The second kappa shape index (κ2) is 6.46. The number of hydrogen-bond acceptors (Lipinski definition) is 1. The Bertz CT molecular complexity index is 541. The first-order valence-corrected chi connectivity index (χ1v) is 5.44. The molecule has 0 bridgehead atoms. The molecule has 0 amide bonds. The molecule has 0 aromatic carbocycles. The summed E-state index contributed by atoms with van der Waals surface area (Å²) in [6.45, 7) is 0. The third-order valence-corrected chi connectivity index (χ3v) is 2.59. The summed E-state index contributed by atoms with van der Waals surface area (Å²) in [5, 5.41) is 0. The average molecular weight is 448 g/mol. The lowest BCUT2D eigenvalue weighted by atomic mass is 9.92. The molecule has 0 heterocycles. The second-order valence-electron chi connectivity index (χ2n) is 4.40. The van der Waals surface area contributed by atoms with Crippen molar-refractivity contribution in [3.05, 3.63) is 12.1 Å². The van der Waals surface area contributed by atoms with Crippen LogP contribution in [0.4, 0.5) is 74.6 Å². The second-order valence-corrected chi connectivity index (χ2v) is 4.40. The third-order valence-electron chi connectivity index (χ3n) is 2.59. The van der Waals surface area contributed by atoms with Crippen LogP contribution in [0, 0.1) is 0 Å². The molecule has 27 heavy (non-hydrogen) atoms. The molecule has 0 spiro atoms. The molecule has 0 unspecified atom stereocenters. The minimum absolute atomic E-state index is 1.96. The Hall–Kier alpha value is -1.65. The SMILES string of the molecule is FC(=COC(C(F)(F)F)(C(F)(F)F)C(F)(F)C(F)(F)F)C(F)(F)C(F)(F)F. The van der Waals surface area contributed by atoms with Gasteiger partial charge < -0.3 is 4.74 Å². The zero-order valence-corrected chi connectivity index (χ0v) is 11.4. The van der Waals surface area contributed by atoms with Gasteiger partial charge in [0.2, 0.25) is 5.83 Å². The molecule has 0 atom stereocenters. The highest BCUT2D eigenvalue weighted by molar-refractivity contribution is 5.13. The lowest BCUT2D eigenvalue weighted by molar-refractivity contribution is -0.464. The standard InChI is InChI=1S/C9HF17O/c10-2(3(11,12)6(15,16)17)1-27-4(7(18,19)20,8(21,22)23)5(13,14)9(24,25)26/h1H. The van der Waals surface area contributed by atoms with E-state index in [0.717, 1.165) is 0 Å². The number of allylic oxidation sites excluding steroid dienone is 1. The van der Waals surface area contributed by atoms with Crippen LogP contribution >= 0.6 is 0 Å². The van der Waals surface area contributed by atoms with Crippen molar-refractivity contribution >= 4 is 0 Å². The van der Waals surface area contributed by atoms with Crippen molar-refractivity contribution in [1.29, 1.82) is 0 Å². The van der Waals surface area contributed by atoms with Gasteiger partial charge in [0.05, 0.1) is 0 Å². The quantitative estimate of drug-likeness (QED) is 0.375. The average Bonchev–Trinajstić information content (AvgIpc) is 2.32. The van der Waals surface area contributed by atoms with E-state index < -0.39 is 54.2 Å². The summed E-state index contributed by atoms with van der Waals surface area (Å²) in [5.41, 5.74) is -7.75. The van der Waals surface area contributed by atoms with E-state index in [4.69, 9.17) is 0 Å². The van der Waals surface area contributed by atoms with Crippen molar-refractivity contribution in [2.24, 2.45) is 0 Å². The van der Waals surface area contributed by atoms with Crippen LogP contribution < -0.4 is 0 Å². The number of halogens is 17. The Morgan fingerprint density at radius 1 is 0.519 bits per heavy atom. The van der Waals surface area contributed by atoms with E-state index in [0.29, 0.717) is 0 Å². The van der Waals surface area contributed by atoms with Crippen LogP contribution in [0.5, 0.6) is 0 Å². The van der Waals surface area contributed by atoms with Crippen molar-refractivity contribution in [2.45, 2.75) is 42.2 Å². The predicted octanol–water partition coefficient (Wildman–Crippen LogP) is 6.07. The van der Waals surface area contributed by atoms with Crippen LogP contribution in [0.1, 0.15) is 0 Å². The van der Waals surface area contributed by atoms with Gasteiger partial charge in [0, 0.05) is 0 Å². The van der Waals surface area contributed by atoms with Crippen molar-refractivity contribution in [3.63, 3.8) is 0 Å². The third kappa shape index (κ3) is 3.97. The molecular formula is C9HF17O. The summed E-state index contributed by atoms with van der Waals surface area (Å²) in [6, 6.07) is 0. The lowest BCUT2D eigenvalue weighted by Crippen LogP contribution is -2.72. The fourth-order valence-corrected chi connectivity index (χ4v) is 1.27. The van der Waals surface area contributed by atoms with Gasteiger partial charge in [-0.15, -0.1) is 0 Å². The number of hydrogen-bond donors (Lipinski definition) is 0. The Labute approximate surface area is 135 Å². The molecule has 0 aromatic rings. The molecule has 0 saturated heterocycles. The van der Waals surface area contributed by atoms with Gasteiger partial charge >= 0.3 is 42.2 Å². The first kappa shape index (κ1) is 25.3. The number of rotatable bonds is 4. The highest BCUT2D eigenvalue weighted by Crippen LogP contribution is 2.59. The molecular weight excluding hydrogens is 447 g/mol. The Morgan fingerprint density at radius 2 is 0.852 bits per heavy atom. The minimum Gasteiger partial charge on any atom is -0.469 e. The zero-order valence-electron chi connectivity index (χ0n) is 11.4. The monoisotopic (exact) mass is 448 g/mol. The highest BCUT2D eigenvalue weighted by Gasteiger charge is 2.91. The Kier molecular flexibility index (Phi) is 6.06. The van der Waals surface area contributed by atoms with Crippen molar-refractivity contribution in [2.75, 3.05) is 0 Å². The van der Waals surface area contributed by atoms with Gasteiger partial charge in [-0.25, -0.2) is 4.39 Å². The molecule has 0 rings (SSSR count). The summed E-state index contributed by atoms with van der Waals surface area (Å²) in [5.74, 6) is -19.2.